The van der Waals surface area contributed by atoms with Gasteiger partial charge in [-0.05, 0) is 41.6 Å². The average molecular weight is 313 g/mol. The topological polar surface area (TPSA) is 20.2 Å². The molecule has 1 N–H and O–H groups in total. The first kappa shape index (κ1) is 8.33. The Kier molecular flexibility index (Phi) is 2.57. The highest BCUT2D eigenvalue weighted by Crippen LogP contribution is 2.26. The molecule has 1 rings (SSSR count). The molecule has 1 aromatic carbocycles. The van der Waals surface area contributed by atoms with Crippen LogP contribution in [0.2, 0.25) is 0 Å². The largest absolute Gasteiger partial charge is 0.508 e. The number of benzene rings is 1. The highest BCUT2D eigenvalue weighted by atomic mass is 127. The van der Waals surface area contributed by atoms with Gasteiger partial charge in [-0.25, -0.2) is 0 Å². The molecular formula is C7H6BrIO. The fourth-order valence-corrected chi connectivity index (χ4v) is 2.12. The summed E-state index contributed by atoms with van der Waals surface area (Å²) in [6, 6.07) is 3.66. The normalized spacial score (nSPS) is 9.90. The minimum atomic E-state index is 0.346. The Hall–Kier alpha value is 0.230. The number of aromatic hydroxyl groups is 1. The van der Waals surface area contributed by atoms with Crippen molar-refractivity contribution in [3.05, 3.63) is 25.7 Å². The van der Waals surface area contributed by atoms with E-state index in [1.165, 1.54) is 0 Å². The van der Waals surface area contributed by atoms with E-state index in [0.29, 0.717) is 5.75 Å². The van der Waals surface area contributed by atoms with Gasteiger partial charge in [0.15, 0.2) is 0 Å². The van der Waals surface area contributed by atoms with Crippen LogP contribution in [0.5, 0.6) is 5.75 Å². The molecule has 0 radical (unpaired) electrons. The van der Waals surface area contributed by atoms with Crippen LogP contribution in [0.1, 0.15) is 5.56 Å². The molecule has 0 heterocycles. The second-order valence-corrected chi connectivity index (χ2v) is 4.11. The fourth-order valence-electron chi connectivity index (χ4n) is 0.632. The Labute approximate surface area is 81.7 Å². The molecule has 0 unspecified atom stereocenters. The highest BCUT2D eigenvalue weighted by Gasteiger charge is 2.00. The molecule has 0 saturated heterocycles. The summed E-state index contributed by atoms with van der Waals surface area (Å²) in [4.78, 5) is 0. The molecule has 1 nitrogen and oxygen atoms in total. The highest BCUT2D eigenvalue weighted by molar-refractivity contribution is 14.1. The Morgan fingerprint density at radius 1 is 1.50 bits per heavy atom. The Bertz CT molecular complexity index is 237. The second-order valence-electron chi connectivity index (χ2n) is 2.03. The van der Waals surface area contributed by atoms with Crippen LogP contribution in [-0.2, 0) is 0 Å². The van der Waals surface area contributed by atoms with Gasteiger partial charge in [0.25, 0.3) is 0 Å². The molecule has 1 aromatic rings. The lowest BCUT2D eigenvalue weighted by molar-refractivity contribution is 0.470. The van der Waals surface area contributed by atoms with Crippen molar-refractivity contribution in [3.63, 3.8) is 0 Å². The summed E-state index contributed by atoms with van der Waals surface area (Å²) in [7, 11) is 0. The summed E-state index contributed by atoms with van der Waals surface area (Å²) in [6.45, 7) is 1.89. The van der Waals surface area contributed by atoms with E-state index in [0.717, 1.165) is 13.6 Å². The summed E-state index contributed by atoms with van der Waals surface area (Å²) < 4.78 is 1.99. The van der Waals surface area contributed by atoms with Crippen molar-refractivity contribution in [1.29, 1.82) is 0 Å². The number of hydrogen-bond donors (Lipinski definition) is 1. The van der Waals surface area contributed by atoms with Crippen LogP contribution in [0, 0.1) is 10.5 Å². The molecule has 0 aliphatic heterocycles. The van der Waals surface area contributed by atoms with Gasteiger partial charge in [0, 0.05) is 13.6 Å². The van der Waals surface area contributed by atoms with Crippen molar-refractivity contribution in [2.75, 3.05) is 0 Å². The number of halogens is 2. The second kappa shape index (κ2) is 3.09. The third-order valence-electron chi connectivity index (χ3n) is 1.28. The quantitative estimate of drug-likeness (QED) is 0.730. The zero-order valence-corrected chi connectivity index (χ0v) is 9.10. The van der Waals surface area contributed by atoms with E-state index in [2.05, 4.69) is 38.5 Å². The van der Waals surface area contributed by atoms with Gasteiger partial charge >= 0.3 is 0 Å². The van der Waals surface area contributed by atoms with Crippen molar-refractivity contribution in [2.45, 2.75) is 6.92 Å². The van der Waals surface area contributed by atoms with E-state index in [1.54, 1.807) is 6.07 Å². The molecule has 0 bridgehead atoms. The SMILES string of the molecule is Cc1c(O)cc(Br)cc1I. The third kappa shape index (κ3) is 1.63. The lowest BCUT2D eigenvalue weighted by atomic mass is 10.2. The molecule has 0 amide bonds. The number of hydrogen-bond acceptors (Lipinski definition) is 1. The van der Waals surface area contributed by atoms with Crippen LogP contribution in [0.25, 0.3) is 0 Å². The smallest absolute Gasteiger partial charge is 0.120 e. The van der Waals surface area contributed by atoms with Gasteiger partial charge in [0.1, 0.15) is 5.75 Å². The Morgan fingerprint density at radius 3 is 2.60 bits per heavy atom. The molecule has 0 aliphatic carbocycles. The Balaban J connectivity index is 3.31. The van der Waals surface area contributed by atoms with Gasteiger partial charge < -0.3 is 5.11 Å². The van der Waals surface area contributed by atoms with Gasteiger partial charge in [-0.15, -0.1) is 0 Å². The van der Waals surface area contributed by atoms with E-state index in [-0.39, 0.29) is 0 Å². The van der Waals surface area contributed by atoms with E-state index in [4.69, 9.17) is 0 Å². The van der Waals surface area contributed by atoms with Crippen molar-refractivity contribution < 1.29 is 5.11 Å². The molecule has 0 atom stereocenters. The van der Waals surface area contributed by atoms with Gasteiger partial charge in [-0.1, -0.05) is 15.9 Å². The number of rotatable bonds is 0. The summed E-state index contributed by atoms with van der Waals surface area (Å²) >= 11 is 5.47. The average Bonchev–Trinajstić information content (AvgIpc) is 1.82. The summed E-state index contributed by atoms with van der Waals surface area (Å²) in [6.07, 6.45) is 0. The molecule has 54 valence electrons. The van der Waals surface area contributed by atoms with E-state index >= 15 is 0 Å². The van der Waals surface area contributed by atoms with Crippen molar-refractivity contribution in [3.8, 4) is 5.75 Å². The van der Waals surface area contributed by atoms with Crippen LogP contribution in [0.3, 0.4) is 0 Å². The molecule has 0 aromatic heterocycles. The molecular weight excluding hydrogens is 307 g/mol. The van der Waals surface area contributed by atoms with Gasteiger partial charge in [0.2, 0.25) is 0 Å². The predicted molar refractivity (Wildman–Crippen MR) is 53.3 cm³/mol. The number of phenolic OH excluding ortho intramolecular Hbond substituents is 1. The van der Waals surface area contributed by atoms with E-state index < -0.39 is 0 Å². The maximum absolute atomic E-state index is 9.25. The molecule has 0 saturated carbocycles. The number of phenols is 1. The third-order valence-corrected chi connectivity index (χ3v) is 2.86. The van der Waals surface area contributed by atoms with Crippen LogP contribution >= 0.6 is 38.5 Å². The standard InChI is InChI=1S/C7H6BrIO/c1-4-6(9)2-5(8)3-7(4)10/h2-3,10H,1H3. The molecule has 0 fully saturated rings. The zero-order chi connectivity index (χ0) is 7.72. The van der Waals surface area contributed by atoms with Crippen molar-refractivity contribution >= 4 is 38.5 Å². The molecule has 0 aliphatic rings. The molecule has 0 spiro atoms. The van der Waals surface area contributed by atoms with Crippen LogP contribution < -0.4 is 0 Å². The summed E-state index contributed by atoms with van der Waals surface area (Å²) in [5, 5.41) is 9.25. The lowest BCUT2D eigenvalue weighted by Gasteiger charge is -2.01. The predicted octanol–water partition coefficient (Wildman–Crippen LogP) is 3.07. The van der Waals surface area contributed by atoms with E-state index in [1.807, 2.05) is 13.0 Å². The minimum absolute atomic E-state index is 0.346. The first-order chi connectivity index (χ1) is 4.61. The van der Waals surface area contributed by atoms with Crippen LogP contribution in [0.15, 0.2) is 16.6 Å². The van der Waals surface area contributed by atoms with Crippen molar-refractivity contribution in [2.24, 2.45) is 0 Å². The van der Waals surface area contributed by atoms with E-state index in [9.17, 15) is 5.11 Å². The lowest BCUT2D eigenvalue weighted by Crippen LogP contribution is -1.80. The zero-order valence-electron chi connectivity index (χ0n) is 5.36. The van der Waals surface area contributed by atoms with Crippen molar-refractivity contribution in [1.82, 2.24) is 0 Å². The van der Waals surface area contributed by atoms with Crippen LogP contribution in [-0.4, -0.2) is 5.11 Å². The van der Waals surface area contributed by atoms with Crippen LogP contribution in [0.4, 0.5) is 0 Å². The first-order valence-corrected chi connectivity index (χ1v) is 4.63. The first-order valence-electron chi connectivity index (χ1n) is 2.76. The Morgan fingerprint density at radius 2 is 2.10 bits per heavy atom. The van der Waals surface area contributed by atoms with Gasteiger partial charge in [0.05, 0.1) is 0 Å². The van der Waals surface area contributed by atoms with Gasteiger partial charge in [-0.3, -0.25) is 0 Å². The monoisotopic (exact) mass is 312 g/mol. The molecule has 3 heteroatoms. The summed E-state index contributed by atoms with van der Waals surface area (Å²) in [5.41, 5.74) is 0.934. The fraction of sp³-hybridized carbons (Fsp3) is 0.143. The maximum atomic E-state index is 9.25. The maximum Gasteiger partial charge on any atom is 0.120 e. The molecule has 10 heavy (non-hydrogen) atoms. The van der Waals surface area contributed by atoms with Gasteiger partial charge in [-0.2, -0.15) is 0 Å². The summed E-state index contributed by atoms with van der Waals surface area (Å²) in [5.74, 6) is 0.346. The minimum Gasteiger partial charge on any atom is -0.508 e.